The predicted octanol–water partition coefficient (Wildman–Crippen LogP) is 3.37. The van der Waals surface area contributed by atoms with Gasteiger partial charge in [-0.25, -0.2) is 0 Å². The van der Waals surface area contributed by atoms with E-state index in [9.17, 15) is 18.0 Å². The molecule has 0 saturated carbocycles. The van der Waals surface area contributed by atoms with Crippen molar-refractivity contribution in [1.82, 2.24) is 4.98 Å². The third-order valence-corrected chi connectivity index (χ3v) is 2.89. The molecule has 2 rings (SSSR count). The van der Waals surface area contributed by atoms with E-state index >= 15 is 0 Å². The molecule has 2 aromatic rings. The monoisotopic (exact) mass is 257 g/mol. The van der Waals surface area contributed by atoms with Gasteiger partial charge in [0.1, 0.15) is 0 Å². The predicted molar refractivity (Wildman–Crippen MR) is 59.4 cm³/mol. The molecular formula is C12H10F3NO2. The van der Waals surface area contributed by atoms with Crippen molar-refractivity contribution < 1.29 is 23.1 Å². The molecule has 0 aliphatic heterocycles. The van der Waals surface area contributed by atoms with Crippen LogP contribution in [0.5, 0.6) is 0 Å². The molecule has 0 aliphatic rings. The minimum atomic E-state index is -4.46. The van der Waals surface area contributed by atoms with E-state index < -0.39 is 23.6 Å². The fourth-order valence-corrected chi connectivity index (χ4v) is 1.90. The number of aromatic amines is 1. The van der Waals surface area contributed by atoms with Crippen molar-refractivity contribution in [1.29, 1.82) is 0 Å². The van der Waals surface area contributed by atoms with Crippen molar-refractivity contribution in [2.45, 2.75) is 19.0 Å². The van der Waals surface area contributed by atoms with Gasteiger partial charge >= 0.3 is 12.1 Å². The number of hydrogen-bond acceptors (Lipinski definition) is 1. The maximum Gasteiger partial charge on any atom is 0.418 e. The van der Waals surface area contributed by atoms with Crippen LogP contribution >= 0.6 is 0 Å². The molecule has 0 fully saturated rings. The van der Waals surface area contributed by atoms with Gasteiger partial charge in [-0.15, -0.1) is 0 Å². The number of carboxylic acids is 1. The van der Waals surface area contributed by atoms with Crippen molar-refractivity contribution in [3.8, 4) is 0 Å². The summed E-state index contributed by atoms with van der Waals surface area (Å²) in [6.45, 7) is 1.44. The largest absolute Gasteiger partial charge is 0.481 e. The highest BCUT2D eigenvalue weighted by atomic mass is 19.4. The van der Waals surface area contributed by atoms with Gasteiger partial charge in [-0.05, 0) is 18.6 Å². The zero-order valence-corrected chi connectivity index (χ0v) is 9.38. The third kappa shape index (κ3) is 1.94. The molecule has 1 unspecified atom stereocenters. The number of nitrogens with one attached hydrogen (secondary N) is 1. The summed E-state index contributed by atoms with van der Waals surface area (Å²) in [4.78, 5) is 13.4. The van der Waals surface area contributed by atoms with Crippen LogP contribution < -0.4 is 0 Å². The zero-order chi connectivity index (χ0) is 13.5. The number of benzene rings is 1. The number of carbonyl (C=O) groups is 1. The molecule has 0 bridgehead atoms. The lowest BCUT2D eigenvalue weighted by Crippen LogP contribution is -2.07. The SMILES string of the molecule is CC(C(=O)O)c1c[nH]c2c(C(F)(F)F)cccc12. The molecule has 3 nitrogen and oxygen atoms in total. The van der Waals surface area contributed by atoms with Gasteiger partial charge in [0, 0.05) is 11.6 Å². The second kappa shape index (κ2) is 4.04. The van der Waals surface area contributed by atoms with Gasteiger partial charge in [0.05, 0.1) is 17.0 Å². The van der Waals surface area contributed by atoms with Crippen LogP contribution in [0.25, 0.3) is 10.9 Å². The van der Waals surface area contributed by atoms with Gasteiger partial charge in [0.25, 0.3) is 0 Å². The van der Waals surface area contributed by atoms with Crippen LogP contribution in [0.4, 0.5) is 13.2 Å². The van der Waals surface area contributed by atoms with Crippen LogP contribution in [0.1, 0.15) is 24.0 Å². The molecule has 0 saturated heterocycles. The molecule has 1 aromatic heterocycles. The Morgan fingerprint density at radius 3 is 2.61 bits per heavy atom. The van der Waals surface area contributed by atoms with Crippen LogP contribution in [0.3, 0.4) is 0 Å². The van der Waals surface area contributed by atoms with Crippen molar-refractivity contribution >= 4 is 16.9 Å². The van der Waals surface area contributed by atoms with E-state index in [1.54, 1.807) is 0 Å². The number of fused-ring (bicyclic) bond motifs is 1. The Hall–Kier alpha value is -1.98. The fourth-order valence-electron chi connectivity index (χ4n) is 1.90. The summed E-state index contributed by atoms with van der Waals surface area (Å²) in [5.41, 5.74) is -0.513. The van der Waals surface area contributed by atoms with Crippen LogP contribution in [-0.2, 0) is 11.0 Å². The number of H-pyrrole nitrogens is 1. The zero-order valence-electron chi connectivity index (χ0n) is 9.38. The van der Waals surface area contributed by atoms with Gasteiger partial charge in [0.2, 0.25) is 0 Å². The van der Waals surface area contributed by atoms with E-state index in [1.165, 1.54) is 25.3 Å². The number of hydrogen-bond donors (Lipinski definition) is 2. The van der Waals surface area contributed by atoms with Crippen LogP contribution in [0.15, 0.2) is 24.4 Å². The highest BCUT2D eigenvalue weighted by Gasteiger charge is 2.33. The molecule has 1 heterocycles. The molecule has 6 heteroatoms. The Balaban J connectivity index is 2.66. The maximum atomic E-state index is 12.8. The molecule has 0 radical (unpaired) electrons. The summed E-state index contributed by atoms with van der Waals surface area (Å²) in [5, 5.41) is 9.20. The molecule has 1 atom stereocenters. The van der Waals surface area contributed by atoms with E-state index in [0.717, 1.165) is 6.07 Å². The Labute approximate surface area is 100 Å². The first kappa shape index (κ1) is 12.5. The first-order valence-electron chi connectivity index (χ1n) is 5.22. The molecule has 0 aliphatic carbocycles. The summed E-state index contributed by atoms with van der Waals surface area (Å²) in [7, 11) is 0. The topological polar surface area (TPSA) is 53.1 Å². The molecule has 18 heavy (non-hydrogen) atoms. The Kier molecular flexibility index (Phi) is 2.80. The first-order valence-corrected chi connectivity index (χ1v) is 5.22. The number of halogens is 3. The number of alkyl halides is 3. The number of carboxylic acid groups (broad SMARTS) is 1. The standard InChI is InChI=1S/C12H10F3NO2/c1-6(11(17)18)8-5-16-10-7(8)3-2-4-9(10)12(13,14)15/h2-6,16H,1H3,(H,17,18). The lowest BCUT2D eigenvalue weighted by Gasteiger charge is -2.08. The highest BCUT2D eigenvalue weighted by Crippen LogP contribution is 2.36. The second-order valence-electron chi connectivity index (χ2n) is 4.03. The second-order valence-corrected chi connectivity index (χ2v) is 4.03. The summed E-state index contributed by atoms with van der Waals surface area (Å²) < 4.78 is 38.3. The lowest BCUT2D eigenvalue weighted by atomic mass is 9.99. The minimum Gasteiger partial charge on any atom is -0.481 e. The Morgan fingerprint density at radius 1 is 1.39 bits per heavy atom. The molecule has 0 spiro atoms. The third-order valence-electron chi connectivity index (χ3n) is 2.89. The van der Waals surface area contributed by atoms with Crippen molar-refractivity contribution in [2.24, 2.45) is 0 Å². The highest BCUT2D eigenvalue weighted by molar-refractivity contribution is 5.91. The summed E-state index contributed by atoms with van der Waals surface area (Å²) in [6.07, 6.45) is -3.15. The summed E-state index contributed by atoms with van der Waals surface area (Å²) >= 11 is 0. The average molecular weight is 257 g/mol. The smallest absolute Gasteiger partial charge is 0.418 e. The first-order chi connectivity index (χ1) is 8.32. The summed E-state index contributed by atoms with van der Waals surface area (Å²) in [5.74, 6) is -1.93. The normalized spacial score (nSPS) is 13.8. The van der Waals surface area contributed by atoms with Crippen molar-refractivity contribution in [2.75, 3.05) is 0 Å². The average Bonchev–Trinajstić information content (AvgIpc) is 2.69. The van der Waals surface area contributed by atoms with Gasteiger partial charge in [-0.3, -0.25) is 4.79 Å². The number of rotatable bonds is 2. The van der Waals surface area contributed by atoms with E-state index in [4.69, 9.17) is 5.11 Å². The van der Waals surface area contributed by atoms with Crippen molar-refractivity contribution in [3.05, 3.63) is 35.5 Å². The minimum absolute atomic E-state index is 0.0758. The molecular weight excluding hydrogens is 247 g/mol. The van der Waals surface area contributed by atoms with Crippen LogP contribution in [-0.4, -0.2) is 16.1 Å². The Bertz CT molecular complexity index is 601. The van der Waals surface area contributed by atoms with E-state index in [1.807, 2.05) is 0 Å². The molecule has 96 valence electrons. The molecule has 2 N–H and O–H groups in total. The maximum absolute atomic E-state index is 12.8. The number of aliphatic carboxylic acids is 1. The molecule has 0 amide bonds. The van der Waals surface area contributed by atoms with Crippen LogP contribution in [0.2, 0.25) is 0 Å². The van der Waals surface area contributed by atoms with E-state index in [-0.39, 0.29) is 5.52 Å². The summed E-state index contributed by atoms with van der Waals surface area (Å²) in [6, 6.07) is 3.72. The van der Waals surface area contributed by atoms with E-state index in [2.05, 4.69) is 4.98 Å². The van der Waals surface area contributed by atoms with Gasteiger partial charge in [-0.2, -0.15) is 13.2 Å². The van der Waals surface area contributed by atoms with Crippen molar-refractivity contribution in [3.63, 3.8) is 0 Å². The fraction of sp³-hybridized carbons (Fsp3) is 0.250. The van der Waals surface area contributed by atoms with Gasteiger partial charge in [-0.1, -0.05) is 12.1 Å². The van der Waals surface area contributed by atoms with Crippen LogP contribution in [0, 0.1) is 0 Å². The molecule has 1 aromatic carbocycles. The Morgan fingerprint density at radius 2 is 2.06 bits per heavy atom. The number of aromatic nitrogens is 1. The lowest BCUT2D eigenvalue weighted by molar-refractivity contribution is -0.138. The van der Waals surface area contributed by atoms with Gasteiger partial charge < -0.3 is 10.1 Å². The van der Waals surface area contributed by atoms with E-state index in [0.29, 0.717) is 10.9 Å². The number of para-hydroxylation sites is 1. The quantitative estimate of drug-likeness (QED) is 0.866. The van der Waals surface area contributed by atoms with Gasteiger partial charge in [0.15, 0.2) is 0 Å².